The molecule has 1 aliphatic heterocycles. The number of aryl methyl sites for hydroxylation is 4. The molecule has 0 fully saturated rings. The summed E-state index contributed by atoms with van der Waals surface area (Å²) in [4.78, 5) is 0. The van der Waals surface area contributed by atoms with Crippen molar-refractivity contribution in [1.82, 2.24) is 0 Å². The van der Waals surface area contributed by atoms with Gasteiger partial charge in [0.2, 0.25) is 11.4 Å². The number of hydrogen-bond donors (Lipinski definition) is 0. The van der Waals surface area contributed by atoms with E-state index in [-0.39, 0.29) is 0 Å². The van der Waals surface area contributed by atoms with E-state index in [0.29, 0.717) is 0 Å². The van der Waals surface area contributed by atoms with Gasteiger partial charge in [-0.25, -0.2) is 4.70 Å². The molecule has 2 aromatic carbocycles. The van der Waals surface area contributed by atoms with Crippen molar-refractivity contribution in [3.63, 3.8) is 0 Å². The molecule has 0 radical (unpaired) electrons. The Bertz CT molecular complexity index is 1050. The Labute approximate surface area is 208 Å². The van der Waals surface area contributed by atoms with Crippen LogP contribution >= 0.6 is 0 Å². The topological polar surface area (TPSA) is 25.3 Å². The van der Waals surface area contributed by atoms with Gasteiger partial charge in [0.25, 0.3) is 0 Å². The third-order valence-electron chi connectivity index (χ3n) is 6.98. The molecule has 0 aromatic heterocycles. The highest BCUT2D eigenvalue weighted by molar-refractivity contribution is 5.79. The zero-order valence-electron chi connectivity index (χ0n) is 22.2. The van der Waals surface area contributed by atoms with Crippen molar-refractivity contribution in [2.45, 2.75) is 105 Å². The van der Waals surface area contributed by atoms with Crippen molar-refractivity contribution in [2.24, 2.45) is 0 Å². The van der Waals surface area contributed by atoms with Crippen LogP contribution in [0.25, 0.3) is 16.9 Å². The molecule has 1 aliphatic rings. The highest BCUT2D eigenvalue weighted by atomic mass is 15.2. The number of hydrogen-bond acceptors (Lipinski definition) is 0. The molecule has 34 heavy (non-hydrogen) atoms. The van der Waals surface area contributed by atoms with Gasteiger partial charge in [0.05, 0.1) is 0 Å². The summed E-state index contributed by atoms with van der Waals surface area (Å²) in [5.41, 5.74) is 22.5. The molecule has 2 nitrogen and oxygen atoms in total. The molecule has 0 saturated carbocycles. The van der Waals surface area contributed by atoms with Crippen molar-refractivity contribution >= 4 is 11.4 Å². The summed E-state index contributed by atoms with van der Waals surface area (Å²) in [5.74, 6) is 0. The lowest BCUT2D eigenvalue weighted by atomic mass is 9.96. The summed E-state index contributed by atoms with van der Waals surface area (Å²) in [7, 11) is 0. The molecule has 2 aromatic rings. The SMILES string of the molecule is CCCCC1=C(c2cc(CC)cc(CCCC)c2)[N+](=[N-])C(c2cc(CC)cc(CCCC)c2)=C1. The molecule has 0 saturated heterocycles. The first kappa shape index (κ1) is 26.1. The Morgan fingerprint density at radius 1 is 0.588 bits per heavy atom. The summed E-state index contributed by atoms with van der Waals surface area (Å²) in [5, 5.41) is 0. The van der Waals surface area contributed by atoms with Gasteiger partial charge in [-0.15, -0.1) is 0 Å². The first-order valence-electron chi connectivity index (χ1n) is 13.7. The van der Waals surface area contributed by atoms with Gasteiger partial charge in [0.15, 0.2) is 0 Å². The number of allylic oxidation sites excluding steroid dienone is 2. The first-order valence-corrected chi connectivity index (χ1v) is 13.7. The summed E-state index contributed by atoms with van der Waals surface area (Å²) >= 11 is 0. The molecule has 0 N–H and O–H groups in total. The van der Waals surface area contributed by atoms with Gasteiger partial charge in [-0.1, -0.05) is 66.0 Å². The molecule has 0 aliphatic carbocycles. The van der Waals surface area contributed by atoms with Crippen molar-refractivity contribution in [1.29, 1.82) is 0 Å². The highest BCUT2D eigenvalue weighted by Crippen LogP contribution is 2.38. The van der Waals surface area contributed by atoms with Crippen LogP contribution in [0.15, 0.2) is 48.0 Å². The van der Waals surface area contributed by atoms with Crippen LogP contribution in [0, 0.1) is 0 Å². The molecule has 0 spiro atoms. The van der Waals surface area contributed by atoms with E-state index in [1.165, 1.54) is 58.2 Å². The molecule has 1 heterocycles. The van der Waals surface area contributed by atoms with Gasteiger partial charge in [-0.2, -0.15) is 0 Å². The third-order valence-corrected chi connectivity index (χ3v) is 6.98. The fraction of sp³-hybridized carbons (Fsp3) is 0.500. The maximum Gasteiger partial charge on any atom is 0.210 e. The van der Waals surface area contributed by atoms with Gasteiger partial charge >= 0.3 is 0 Å². The van der Waals surface area contributed by atoms with Crippen LogP contribution in [-0.4, -0.2) is 4.70 Å². The van der Waals surface area contributed by atoms with Gasteiger partial charge in [-0.05, 0) is 97.9 Å². The van der Waals surface area contributed by atoms with Gasteiger partial charge in [0, 0.05) is 22.8 Å². The Morgan fingerprint density at radius 2 is 1.06 bits per heavy atom. The quantitative estimate of drug-likeness (QED) is 0.268. The van der Waals surface area contributed by atoms with Gasteiger partial charge in [0.1, 0.15) is 0 Å². The summed E-state index contributed by atoms with van der Waals surface area (Å²) in [6.45, 7) is 11.2. The fourth-order valence-electron chi connectivity index (χ4n) is 4.89. The Morgan fingerprint density at radius 3 is 1.59 bits per heavy atom. The summed E-state index contributed by atoms with van der Waals surface area (Å²) in [6, 6.07) is 13.8. The van der Waals surface area contributed by atoms with E-state index in [1.54, 1.807) is 0 Å². The van der Waals surface area contributed by atoms with E-state index in [2.05, 4.69) is 77.1 Å². The molecule has 182 valence electrons. The zero-order valence-corrected chi connectivity index (χ0v) is 22.2. The third kappa shape index (κ3) is 6.34. The number of nitrogens with zero attached hydrogens (tertiary/aromatic N) is 2. The van der Waals surface area contributed by atoms with Crippen molar-refractivity contribution < 1.29 is 4.70 Å². The molecule has 0 amide bonds. The van der Waals surface area contributed by atoms with E-state index < -0.39 is 0 Å². The molecule has 0 bridgehead atoms. The highest BCUT2D eigenvalue weighted by Gasteiger charge is 2.29. The number of rotatable bonds is 13. The summed E-state index contributed by atoms with van der Waals surface area (Å²) in [6.07, 6.45) is 14.5. The predicted molar refractivity (Wildman–Crippen MR) is 147 cm³/mol. The normalized spacial score (nSPS) is 13.7. The average Bonchev–Trinajstić information content (AvgIpc) is 3.20. The predicted octanol–water partition coefficient (Wildman–Crippen LogP) is 9.49. The van der Waals surface area contributed by atoms with Crippen molar-refractivity contribution in [2.75, 3.05) is 0 Å². The van der Waals surface area contributed by atoms with Crippen molar-refractivity contribution in [3.05, 3.63) is 87.0 Å². The van der Waals surface area contributed by atoms with Crippen molar-refractivity contribution in [3.8, 4) is 0 Å². The lowest BCUT2D eigenvalue weighted by Crippen LogP contribution is -2.05. The molecule has 3 rings (SSSR count). The monoisotopic (exact) mass is 456 g/mol. The Hall–Kier alpha value is -2.48. The fourth-order valence-corrected chi connectivity index (χ4v) is 4.89. The minimum absolute atomic E-state index is 0.922. The molecule has 0 unspecified atom stereocenters. The molecular formula is C32H44N2. The number of benzene rings is 2. The van der Waals surface area contributed by atoms with Crippen LogP contribution in [0.4, 0.5) is 0 Å². The van der Waals surface area contributed by atoms with Crippen LogP contribution in [0.3, 0.4) is 0 Å². The lowest BCUT2D eigenvalue weighted by molar-refractivity contribution is -0.344. The van der Waals surface area contributed by atoms with E-state index in [1.807, 2.05) is 0 Å². The summed E-state index contributed by atoms with van der Waals surface area (Å²) < 4.78 is 1.49. The molecule has 2 heteroatoms. The van der Waals surface area contributed by atoms with Crippen LogP contribution in [0.1, 0.15) is 113 Å². The zero-order chi connectivity index (χ0) is 24.5. The Kier molecular flexibility index (Phi) is 9.86. The van der Waals surface area contributed by atoms with Crippen LogP contribution in [-0.2, 0) is 25.7 Å². The second kappa shape index (κ2) is 12.8. The number of unbranched alkanes of at least 4 members (excludes halogenated alkanes) is 3. The molecule has 0 atom stereocenters. The van der Waals surface area contributed by atoms with E-state index in [9.17, 15) is 5.53 Å². The second-order valence-corrected chi connectivity index (χ2v) is 9.81. The smallest absolute Gasteiger partial charge is 0.210 e. The maximum absolute atomic E-state index is 11.6. The first-order chi connectivity index (χ1) is 16.5. The standard InChI is InChI=1S/C32H44N2/c1-6-11-14-26-17-24(9-4)19-29(21-26)31-23-28(16-13-8-3)32(34(31)33)30-20-25(10-5)18-27(22-30)15-12-7-2/h17-23H,6-16H2,1-5H3. The average molecular weight is 457 g/mol. The second-order valence-electron chi connectivity index (χ2n) is 9.81. The minimum atomic E-state index is 0.922. The van der Waals surface area contributed by atoms with E-state index >= 15 is 0 Å². The van der Waals surface area contributed by atoms with Gasteiger partial charge < -0.3 is 5.53 Å². The van der Waals surface area contributed by atoms with Gasteiger partial charge in [-0.3, -0.25) is 0 Å². The molecular weight excluding hydrogens is 412 g/mol. The largest absolute Gasteiger partial charge is 0.493 e. The van der Waals surface area contributed by atoms with Crippen LogP contribution in [0.5, 0.6) is 0 Å². The lowest BCUT2D eigenvalue weighted by Gasteiger charge is -2.14. The minimum Gasteiger partial charge on any atom is -0.493 e. The maximum atomic E-state index is 11.6. The van der Waals surface area contributed by atoms with Crippen LogP contribution in [0.2, 0.25) is 0 Å². The van der Waals surface area contributed by atoms with Crippen LogP contribution < -0.4 is 0 Å². The van der Waals surface area contributed by atoms with E-state index in [4.69, 9.17) is 0 Å². The van der Waals surface area contributed by atoms with E-state index in [0.717, 1.165) is 67.5 Å². The Balaban J connectivity index is 2.05.